The van der Waals surface area contributed by atoms with Gasteiger partial charge in [-0.05, 0) is 60.7 Å². The normalized spacial score (nSPS) is 18.7. The monoisotopic (exact) mass is 688 g/mol. The molecule has 0 saturated carbocycles. The van der Waals surface area contributed by atoms with Gasteiger partial charge in [-0.25, -0.2) is 19.2 Å². The van der Waals surface area contributed by atoms with Crippen LogP contribution in [0.1, 0.15) is 41.4 Å². The molecule has 10 heteroatoms. The van der Waals surface area contributed by atoms with Gasteiger partial charge in [-0.3, -0.25) is 0 Å². The van der Waals surface area contributed by atoms with Crippen LogP contribution in [-0.2, 0) is 23.7 Å². The molecular weight excluding hydrogens is 656 g/mol. The molecule has 5 aromatic carbocycles. The maximum atomic E-state index is 13.6. The summed E-state index contributed by atoms with van der Waals surface area (Å²) in [5, 5.41) is 0. The number of carbonyl (C=O) groups excluding carboxylic acids is 4. The van der Waals surface area contributed by atoms with Crippen LogP contribution in [0, 0.1) is 0 Å². The molecule has 1 heterocycles. The molecule has 0 radical (unpaired) electrons. The Labute approximate surface area is 293 Å². The third-order valence-electron chi connectivity index (χ3n) is 7.73. The topological polar surface area (TPSA) is 114 Å². The Kier molecular flexibility index (Phi) is 11.3. The van der Waals surface area contributed by atoms with Gasteiger partial charge in [0.15, 0.2) is 18.3 Å². The lowest BCUT2D eigenvalue weighted by Gasteiger charge is -2.28. The van der Waals surface area contributed by atoms with Crippen molar-refractivity contribution in [2.45, 2.75) is 34.7 Å². The summed E-state index contributed by atoms with van der Waals surface area (Å²) < 4.78 is 30.4. The lowest BCUT2D eigenvalue weighted by Crippen LogP contribution is -2.47. The number of benzene rings is 5. The molecule has 1 aliphatic rings. The van der Waals surface area contributed by atoms with Gasteiger partial charge in [-0.15, -0.1) is 0 Å². The van der Waals surface area contributed by atoms with E-state index >= 15 is 0 Å². The van der Waals surface area contributed by atoms with Gasteiger partial charge >= 0.3 is 23.9 Å². The Morgan fingerprint density at radius 2 is 0.920 bits per heavy atom. The Morgan fingerprint density at radius 1 is 0.520 bits per heavy atom. The van der Waals surface area contributed by atoms with Gasteiger partial charge < -0.3 is 23.7 Å². The molecule has 5 aromatic rings. The standard InChI is InChI=1S/C40H32O9S/c41-36(27-16-6-1-7-17-27)45-26-32(46-37(42)28-18-8-2-9-19-28)33-34(47-38(43)29-20-10-3-11-21-29)35(48-39(44)30-22-12-4-13-23-30)40(49-33)50-31-24-14-5-15-25-31/h1-25,32-35,40H,26H2/t32-,33?,34?,35?,40?/m1/s1. The summed E-state index contributed by atoms with van der Waals surface area (Å²) in [4.78, 5) is 54.5. The molecule has 0 bridgehead atoms. The number of hydrogen-bond acceptors (Lipinski definition) is 10. The maximum Gasteiger partial charge on any atom is 0.338 e. The van der Waals surface area contributed by atoms with E-state index in [0.29, 0.717) is 0 Å². The minimum atomic E-state index is -1.31. The predicted molar refractivity (Wildman–Crippen MR) is 185 cm³/mol. The van der Waals surface area contributed by atoms with Gasteiger partial charge in [0.1, 0.15) is 18.1 Å². The summed E-state index contributed by atoms with van der Waals surface area (Å²) in [5.41, 5.74) is 0.104. The zero-order chi connectivity index (χ0) is 34.7. The molecule has 5 atom stereocenters. The van der Waals surface area contributed by atoms with E-state index in [4.69, 9.17) is 23.7 Å². The van der Waals surface area contributed by atoms with E-state index in [0.717, 1.165) is 4.90 Å². The Balaban J connectivity index is 1.38. The molecule has 50 heavy (non-hydrogen) atoms. The molecule has 252 valence electrons. The zero-order valence-corrected chi connectivity index (χ0v) is 27.4. The van der Waals surface area contributed by atoms with Crippen molar-refractivity contribution in [1.82, 2.24) is 0 Å². The molecule has 0 N–H and O–H groups in total. The van der Waals surface area contributed by atoms with Gasteiger partial charge in [0.05, 0.1) is 22.3 Å². The maximum absolute atomic E-state index is 13.6. The average molecular weight is 689 g/mol. The highest BCUT2D eigenvalue weighted by atomic mass is 32.2. The van der Waals surface area contributed by atoms with E-state index < -0.39 is 60.3 Å². The first-order valence-corrected chi connectivity index (χ1v) is 16.7. The SMILES string of the molecule is O=C(OC[C@@H](OC(=O)c1ccccc1)C1OC(Sc2ccccc2)C(OC(=O)c2ccccc2)C1OC(=O)c1ccccc1)c1ccccc1. The molecule has 0 aliphatic carbocycles. The number of esters is 4. The lowest BCUT2D eigenvalue weighted by atomic mass is 10.1. The summed E-state index contributed by atoms with van der Waals surface area (Å²) in [7, 11) is 0. The molecule has 4 unspecified atom stereocenters. The van der Waals surface area contributed by atoms with Crippen molar-refractivity contribution in [2.24, 2.45) is 0 Å². The van der Waals surface area contributed by atoms with Crippen molar-refractivity contribution in [3.05, 3.63) is 174 Å². The summed E-state index contributed by atoms with van der Waals surface area (Å²) in [5.74, 6) is -2.78. The second-order valence-electron chi connectivity index (χ2n) is 11.1. The Bertz CT molecular complexity index is 1870. The van der Waals surface area contributed by atoms with E-state index in [1.807, 2.05) is 30.3 Å². The first kappa shape index (κ1) is 34.2. The van der Waals surface area contributed by atoms with Crippen molar-refractivity contribution in [2.75, 3.05) is 6.61 Å². The molecule has 1 fully saturated rings. The van der Waals surface area contributed by atoms with Gasteiger partial charge in [0.25, 0.3) is 0 Å². The highest BCUT2D eigenvalue weighted by Crippen LogP contribution is 2.40. The number of rotatable bonds is 12. The summed E-state index contributed by atoms with van der Waals surface area (Å²) in [6, 6.07) is 42.6. The van der Waals surface area contributed by atoms with Gasteiger partial charge in [0, 0.05) is 4.90 Å². The minimum Gasteiger partial charge on any atom is -0.458 e. The molecule has 0 aromatic heterocycles. The fraction of sp³-hybridized carbons (Fsp3) is 0.150. The van der Waals surface area contributed by atoms with Crippen molar-refractivity contribution >= 4 is 35.6 Å². The van der Waals surface area contributed by atoms with E-state index in [1.165, 1.54) is 11.8 Å². The zero-order valence-electron chi connectivity index (χ0n) is 26.6. The van der Waals surface area contributed by atoms with E-state index in [-0.39, 0.29) is 22.3 Å². The molecule has 9 nitrogen and oxygen atoms in total. The van der Waals surface area contributed by atoms with Crippen molar-refractivity contribution in [3.8, 4) is 0 Å². The second kappa shape index (κ2) is 16.6. The van der Waals surface area contributed by atoms with Crippen LogP contribution in [0.15, 0.2) is 157 Å². The molecule has 1 saturated heterocycles. The van der Waals surface area contributed by atoms with Crippen LogP contribution >= 0.6 is 11.8 Å². The number of ether oxygens (including phenoxy) is 5. The van der Waals surface area contributed by atoms with E-state index in [1.54, 1.807) is 121 Å². The number of carbonyl (C=O) groups is 4. The van der Waals surface area contributed by atoms with Crippen LogP contribution in [0.3, 0.4) is 0 Å². The molecule has 0 spiro atoms. The van der Waals surface area contributed by atoms with E-state index in [2.05, 4.69) is 0 Å². The molecular formula is C40H32O9S. The molecule has 0 amide bonds. The van der Waals surface area contributed by atoms with Crippen LogP contribution in [0.2, 0.25) is 0 Å². The van der Waals surface area contributed by atoms with Crippen molar-refractivity contribution in [3.63, 3.8) is 0 Å². The smallest absolute Gasteiger partial charge is 0.338 e. The molecule has 6 rings (SSSR count). The predicted octanol–water partition coefficient (Wildman–Crippen LogP) is 7.04. The lowest BCUT2D eigenvalue weighted by molar-refractivity contribution is -0.0899. The Morgan fingerprint density at radius 3 is 1.40 bits per heavy atom. The largest absolute Gasteiger partial charge is 0.458 e. The number of hydrogen-bond donors (Lipinski definition) is 0. The van der Waals surface area contributed by atoms with Crippen LogP contribution in [-0.4, -0.2) is 60.3 Å². The summed E-state index contributed by atoms with van der Waals surface area (Å²) in [6.07, 6.45) is -5.04. The quantitative estimate of drug-likeness (QED) is 0.0999. The number of thioether (sulfide) groups is 1. The molecule has 1 aliphatic heterocycles. The third-order valence-corrected chi connectivity index (χ3v) is 8.89. The van der Waals surface area contributed by atoms with Gasteiger partial charge in [-0.2, -0.15) is 0 Å². The van der Waals surface area contributed by atoms with E-state index in [9.17, 15) is 19.2 Å². The average Bonchev–Trinajstić information content (AvgIpc) is 3.49. The minimum absolute atomic E-state index is 0.241. The fourth-order valence-corrected chi connectivity index (χ4v) is 6.37. The van der Waals surface area contributed by atoms with Gasteiger partial charge in [0.2, 0.25) is 0 Å². The first-order chi connectivity index (χ1) is 24.5. The van der Waals surface area contributed by atoms with Crippen molar-refractivity contribution in [1.29, 1.82) is 0 Å². The fourth-order valence-electron chi connectivity index (χ4n) is 5.26. The summed E-state index contributed by atoms with van der Waals surface area (Å²) >= 11 is 1.24. The first-order valence-electron chi connectivity index (χ1n) is 15.8. The van der Waals surface area contributed by atoms with Crippen LogP contribution in [0.25, 0.3) is 0 Å². The third kappa shape index (κ3) is 8.65. The van der Waals surface area contributed by atoms with Crippen LogP contribution in [0.4, 0.5) is 0 Å². The highest BCUT2D eigenvalue weighted by molar-refractivity contribution is 7.99. The van der Waals surface area contributed by atoms with Gasteiger partial charge in [-0.1, -0.05) is 103 Å². The second-order valence-corrected chi connectivity index (χ2v) is 12.3. The highest BCUT2D eigenvalue weighted by Gasteiger charge is 2.54. The Hall–Kier alpha value is -5.71. The van der Waals surface area contributed by atoms with Crippen LogP contribution in [0.5, 0.6) is 0 Å². The van der Waals surface area contributed by atoms with Crippen molar-refractivity contribution < 1.29 is 42.9 Å². The summed E-state index contributed by atoms with van der Waals surface area (Å²) in [6.45, 7) is -0.460. The van der Waals surface area contributed by atoms with Crippen LogP contribution < -0.4 is 0 Å².